The molecular weight excluding hydrogens is 998 g/mol. The number of hydrogen-bond acceptors (Lipinski definition) is 8. The van der Waals surface area contributed by atoms with Crippen LogP contribution < -0.4 is 9.47 Å². The molecule has 2 fully saturated rings. The first-order valence-corrected chi connectivity index (χ1v) is 33.8. The molecule has 2 aliphatic rings. The fourth-order valence-electron chi connectivity index (χ4n) is 9.25. The van der Waals surface area contributed by atoms with E-state index in [1.165, 1.54) is 24.0 Å². The van der Waals surface area contributed by atoms with E-state index in [1.807, 2.05) is 36.4 Å². The predicted molar refractivity (Wildman–Crippen MR) is 335 cm³/mol. The molecule has 424 valence electrons. The van der Waals surface area contributed by atoms with Gasteiger partial charge in [-0.1, -0.05) is 166 Å². The van der Waals surface area contributed by atoms with Gasteiger partial charge in [-0.25, -0.2) is 0 Å². The minimum absolute atomic E-state index is 0. The fourth-order valence-corrected chi connectivity index (χ4v) is 11.5. The number of rotatable bonds is 20. The molecule has 0 radical (unpaired) electrons. The van der Waals surface area contributed by atoms with Crippen molar-refractivity contribution in [1.82, 2.24) is 4.81 Å². The van der Waals surface area contributed by atoms with E-state index in [0.29, 0.717) is 48.5 Å². The zero-order valence-electron chi connectivity index (χ0n) is 49.8. The van der Waals surface area contributed by atoms with Crippen LogP contribution in [0.25, 0.3) is 0 Å². The molecule has 2 saturated heterocycles. The lowest BCUT2D eigenvalue weighted by Crippen LogP contribution is -2.41. The maximum atomic E-state index is 12.5. The molecule has 2 aliphatic heterocycles. The highest BCUT2D eigenvalue weighted by Crippen LogP contribution is 2.49. The van der Waals surface area contributed by atoms with Crippen LogP contribution in [0.2, 0.25) is 43.1 Å². The fraction of sp³-hybridized carbons (Fsp3) is 0.507. The monoisotopic (exact) mass is 1100 g/mol. The number of aliphatic hydroxyl groups is 1. The van der Waals surface area contributed by atoms with Crippen LogP contribution in [-0.4, -0.2) is 79.4 Å². The van der Waals surface area contributed by atoms with Crippen molar-refractivity contribution in [1.29, 1.82) is 0 Å². The van der Waals surface area contributed by atoms with E-state index < -0.39 is 22.7 Å². The number of carbonyl (C=O) groups excluding carboxylic acids is 1. The second kappa shape index (κ2) is 31.2. The Kier molecular flexibility index (Phi) is 26.9. The molecule has 4 aromatic rings. The first-order valence-electron chi connectivity index (χ1n) is 27.9. The number of nitrogens with zero attached hydrogens (tertiary/aromatic N) is 1. The number of ketones is 1. The molecule has 0 unspecified atom stereocenters. The molecule has 8 nitrogen and oxygen atoms in total. The van der Waals surface area contributed by atoms with E-state index >= 15 is 0 Å². The number of allylic oxidation sites excluding steroid dienone is 2. The Morgan fingerprint density at radius 1 is 0.756 bits per heavy atom. The number of carbonyl (C=O) groups is 1. The zero-order valence-corrected chi connectivity index (χ0v) is 51.8. The number of benzene rings is 4. The lowest BCUT2D eigenvalue weighted by atomic mass is 9.79. The second-order valence-electron chi connectivity index (χ2n) is 23.9. The summed E-state index contributed by atoms with van der Waals surface area (Å²) >= 11 is 0. The molecule has 11 heteroatoms. The zero-order chi connectivity index (χ0) is 57.0. The van der Waals surface area contributed by atoms with Crippen LogP contribution in [0.4, 0.5) is 0 Å². The van der Waals surface area contributed by atoms with Gasteiger partial charge in [0.25, 0.3) is 0 Å². The van der Waals surface area contributed by atoms with E-state index in [4.69, 9.17) is 23.0 Å². The van der Waals surface area contributed by atoms with Crippen LogP contribution in [0.1, 0.15) is 146 Å². The van der Waals surface area contributed by atoms with Crippen LogP contribution in [0.5, 0.6) is 11.5 Å². The van der Waals surface area contributed by atoms with Crippen LogP contribution in [0.15, 0.2) is 122 Å². The summed E-state index contributed by atoms with van der Waals surface area (Å²) in [5, 5.41) is 11.0. The lowest BCUT2D eigenvalue weighted by Gasteiger charge is -2.37. The van der Waals surface area contributed by atoms with Crippen molar-refractivity contribution in [2.75, 3.05) is 34.0 Å². The van der Waals surface area contributed by atoms with E-state index in [9.17, 15) is 9.90 Å². The first-order chi connectivity index (χ1) is 36.4. The molecule has 0 bridgehead atoms. The highest BCUT2D eigenvalue weighted by molar-refractivity contribution is 6.74. The maximum absolute atomic E-state index is 12.5. The molecule has 4 aromatic carbocycles. The minimum Gasteiger partial charge on any atom is -0.496 e. The Hall–Kier alpha value is -4.95. The van der Waals surface area contributed by atoms with Crippen molar-refractivity contribution in [2.45, 2.75) is 175 Å². The molecule has 0 aliphatic carbocycles. The number of hydrogen-bond donors (Lipinski definition) is 1. The van der Waals surface area contributed by atoms with Crippen molar-refractivity contribution in [3.8, 4) is 35.2 Å². The minimum atomic E-state index is -1.71. The molecule has 0 spiro atoms. The van der Waals surface area contributed by atoms with Gasteiger partial charge in [0.2, 0.25) is 5.78 Å². The molecule has 1 N–H and O–H groups in total. The summed E-state index contributed by atoms with van der Waals surface area (Å²) in [4.78, 5) is 15.1. The maximum Gasteiger partial charge on any atom is 0.380 e. The standard InChI is InChI=1S/C24H38O3Si.C24H36O3Si.C18H20BNO.CH4/c2*1-9-13-21-20(15-12-17-23(21)26-6)22(25)16-11-10-14-19(2)18-27-28(7,8)24(3,4)5;1-19-20-14-8-13-17(20)18(21-19,15-9-4-2-5-10-15)16-11-6-3-7-12-16;/h9,12,15,17,19,22,25H,1,10,13-14,18H2,2-8H3;9,12,15,17,19H,1,10,13-14,18H2,2-8H3;2-7,9-12,17H,8,13-14H2,1H3;1H4/t19-,22+;19-;17-;/m111./s1. The van der Waals surface area contributed by atoms with E-state index in [2.05, 4.69) is 191 Å². The van der Waals surface area contributed by atoms with Gasteiger partial charge in [-0.05, 0) is 141 Å². The van der Waals surface area contributed by atoms with Crippen molar-refractivity contribution in [3.63, 3.8) is 0 Å². The average Bonchev–Trinajstić information content (AvgIpc) is 4.01. The third kappa shape index (κ3) is 18.3. The third-order valence-electron chi connectivity index (χ3n) is 16.0. The smallest absolute Gasteiger partial charge is 0.380 e. The Morgan fingerprint density at radius 3 is 1.72 bits per heavy atom. The first kappa shape index (κ1) is 67.3. The Morgan fingerprint density at radius 2 is 1.23 bits per heavy atom. The lowest BCUT2D eigenvalue weighted by molar-refractivity contribution is 0.105. The highest BCUT2D eigenvalue weighted by Gasteiger charge is 2.56. The van der Waals surface area contributed by atoms with Crippen LogP contribution >= 0.6 is 0 Å². The number of Topliss-reactive ketones (excluding diaryl/α,β-unsaturated/α-hetero) is 1. The van der Waals surface area contributed by atoms with Crippen LogP contribution in [0, 0.1) is 35.5 Å². The second-order valence-corrected chi connectivity index (χ2v) is 33.5. The largest absolute Gasteiger partial charge is 0.496 e. The number of fused-ring (bicyclic) bond motifs is 1. The summed E-state index contributed by atoms with van der Waals surface area (Å²) in [7, 11) is 0.0137. The summed E-state index contributed by atoms with van der Waals surface area (Å²) in [5.41, 5.74) is 5.41. The van der Waals surface area contributed by atoms with Crippen LogP contribution in [-0.2, 0) is 31.9 Å². The molecule has 6 rings (SSSR count). The summed E-state index contributed by atoms with van der Waals surface area (Å²) in [6, 6.07) is 33.1. The topological polar surface area (TPSA) is 86.7 Å². The highest BCUT2D eigenvalue weighted by atomic mass is 28.4. The SMILES string of the molecule is C.C=CCc1c(OC)cccc1C(=O)C#CCC[C@@H](C)CO[Si](C)(C)C(C)(C)C.C=CCc1c(OC)cccc1[C@@H](O)C#CCC[C@@H](C)CO[Si](C)(C)C(C)(C)C.CB1OC(c2ccccc2)(c2ccccc2)[C@H]2CCCN12. The predicted octanol–water partition coefficient (Wildman–Crippen LogP) is 16.1. The summed E-state index contributed by atoms with van der Waals surface area (Å²) in [5.74, 6) is 14.1. The number of aliphatic hydroxyl groups excluding tert-OH is 1. The third-order valence-corrected chi connectivity index (χ3v) is 25.0. The summed E-state index contributed by atoms with van der Waals surface area (Å²) in [6.45, 7) is 39.4. The number of ether oxygens (including phenoxy) is 2. The molecule has 0 saturated carbocycles. The molecule has 2 heterocycles. The number of methoxy groups -OCH3 is 2. The summed E-state index contributed by atoms with van der Waals surface area (Å²) < 4.78 is 29.9. The van der Waals surface area contributed by atoms with Crippen molar-refractivity contribution >= 4 is 29.5 Å². The van der Waals surface area contributed by atoms with Crippen molar-refractivity contribution in [3.05, 3.63) is 156 Å². The van der Waals surface area contributed by atoms with Gasteiger partial charge in [0, 0.05) is 48.8 Å². The molecule has 0 aromatic heterocycles. The van der Waals surface area contributed by atoms with Gasteiger partial charge in [0.15, 0.2) is 16.6 Å². The van der Waals surface area contributed by atoms with Crippen LogP contribution in [0.3, 0.4) is 0 Å². The van der Waals surface area contributed by atoms with E-state index in [1.54, 1.807) is 26.4 Å². The average molecular weight is 1100 g/mol. The van der Waals surface area contributed by atoms with Gasteiger partial charge in [-0.3, -0.25) is 4.79 Å². The Balaban J connectivity index is 0.000000308. The Bertz CT molecular complexity index is 2580. The molecular formula is C67H98BNO7Si2. The van der Waals surface area contributed by atoms with Gasteiger partial charge in [-0.2, -0.15) is 0 Å². The van der Waals surface area contributed by atoms with Gasteiger partial charge in [-0.15, -0.1) is 19.1 Å². The van der Waals surface area contributed by atoms with Gasteiger partial charge in [0.05, 0.1) is 14.2 Å². The molecule has 4 atom stereocenters. The van der Waals surface area contributed by atoms with E-state index in [-0.39, 0.29) is 35.9 Å². The van der Waals surface area contributed by atoms with Gasteiger partial charge >= 0.3 is 7.05 Å². The van der Waals surface area contributed by atoms with E-state index in [0.717, 1.165) is 61.5 Å². The summed E-state index contributed by atoms with van der Waals surface area (Å²) in [6.07, 6.45) is 9.77. The van der Waals surface area contributed by atoms with Crippen molar-refractivity contribution < 1.29 is 32.9 Å². The molecule has 78 heavy (non-hydrogen) atoms. The normalized spacial score (nSPS) is 16.1. The Labute approximate surface area is 476 Å². The quantitative estimate of drug-likeness (QED) is 0.0308. The van der Waals surface area contributed by atoms with Crippen molar-refractivity contribution in [2.24, 2.45) is 11.8 Å². The van der Waals surface area contributed by atoms with Gasteiger partial charge < -0.3 is 32.9 Å². The molecule has 0 amide bonds. The van der Waals surface area contributed by atoms with Gasteiger partial charge in [0.1, 0.15) is 23.2 Å².